The first-order chi connectivity index (χ1) is 4.63. The van der Waals surface area contributed by atoms with Crippen LogP contribution in [0.2, 0.25) is 0 Å². The second-order valence-corrected chi connectivity index (χ2v) is 2.90. The molecule has 0 aromatic heterocycles. The molecule has 0 saturated carbocycles. The quantitative estimate of drug-likeness (QED) is 0.548. The summed E-state index contributed by atoms with van der Waals surface area (Å²) in [6.07, 6.45) is 1.95. The number of carbonyl (C=O) groups excluding carboxylic acids is 1. The van der Waals surface area contributed by atoms with Crippen LogP contribution in [0.5, 0.6) is 0 Å². The van der Waals surface area contributed by atoms with Gasteiger partial charge >= 0.3 is 0 Å². The lowest BCUT2D eigenvalue weighted by atomic mass is 10.2. The second kappa shape index (κ2) is 4.31. The Morgan fingerprint density at radius 1 is 1.40 bits per heavy atom. The topological polar surface area (TPSA) is 20.3 Å². The van der Waals surface area contributed by atoms with Crippen LogP contribution in [0.25, 0.3) is 0 Å². The third kappa shape index (κ3) is 2.38. The fourth-order valence-corrected chi connectivity index (χ4v) is 0.945. The van der Waals surface area contributed by atoms with Gasteiger partial charge in [-0.05, 0) is 27.2 Å². The molecule has 60 valence electrons. The average molecular weight is 143 g/mol. The Hall–Kier alpha value is -0.530. The average Bonchev–Trinajstić information content (AvgIpc) is 1.88. The smallest absolute Gasteiger partial charge is 0.210 e. The molecule has 0 aliphatic heterocycles. The van der Waals surface area contributed by atoms with Gasteiger partial charge in [0.1, 0.15) is 0 Å². The van der Waals surface area contributed by atoms with Crippen LogP contribution >= 0.6 is 0 Å². The molecule has 0 N–H and O–H groups in total. The summed E-state index contributed by atoms with van der Waals surface area (Å²) in [5.74, 6) is 0. The van der Waals surface area contributed by atoms with Gasteiger partial charge in [-0.1, -0.05) is 6.92 Å². The summed E-state index contributed by atoms with van der Waals surface area (Å²) in [6, 6.07) is 0.699. The Kier molecular flexibility index (Phi) is 4.08. The van der Waals surface area contributed by atoms with Crippen molar-refractivity contribution in [2.24, 2.45) is 0 Å². The molecule has 2 nitrogen and oxygen atoms in total. The fourth-order valence-electron chi connectivity index (χ4n) is 0.945. The van der Waals surface area contributed by atoms with Gasteiger partial charge in [0.25, 0.3) is 0 Å². The van der Waals surface area contributed by atoms with Gasteiger partial charge in [-0.3, -0.25) is 4.79 Å². The number of amides is 1. The van der Waals surface area contributed by atoms with Crippen molar-refractivity contribution in [2.45, 2.75) is 46.2 Å². The molecule has 1 atom stereocenters. The third-order valence-corrected chi connectivity index (χ3v) is 1.82. The van der Waals surface area contributed by atoms with Crippen molar-refractivity contribution < 1.29 is 4.79 Å². The minimum atomic E-state index is 0.326. The van der Waals surface area contributed by atoms with Crippen molar-refractivity contribution in [2.75, 3.05) is 0 Å². The van der Waals surface area contributed by atoms with Crippen LogP contribution in [0.4, 0.5) is 0 Å². The van der Waals surface area contributed by atoms with E-state index in [0.717, 1.165) is 12.8 Å². The largest absolute Gasteiger partial charge is 0.340 e. The summed E-state index contributed by atoms with van der Waals surface area (Å²) in [5, 5.41) is 0. The van der Waals surface area contributed by atoms with Gasteiger partial charge in [-0.2, -0.15) is 0 Å². The Balaban J connectivity index is 3.92. The normalized spacial score (nSPS) is 13.3. The van der Waals surface area contributed by atoms with Gasteiger partial charge in [0.15, 0.2) is 0 Å². The Labute approximate surface area is 63.2 Å². The highest BCUT2D eigenvalue weighted by Gasteiger charge is 2.11. The molecule has 0 heterocycles. The van der Waals surface area contributed by atoms with Crippen LogP contribution in [0.1, 0.15) is 34.1 Å². The maximum absolute atomic E-state index is 10.5. The summed E-state index contributed by atoms with van der Waals surface area (Å²) in [5.41, 5.74) is 0. The maximum Gasteiger partial charge on any atom is 0.210 e. The van der Waals surface area contributed by atoms with Gasteiger partial charge in [0.05, 0.1) is 0 Å². The monoisotopic (exact) mass is 143 g/mol. The molecule has 0 spiro atoms. The molecule has 0 radical (unpaired) electrons. The SMILES string of the molecule is CCC(C)N(C=O)C(C)C. The Bertz CT molecular complexity index is 101. The van der Waals surface area contributed by atoms with Gasteiger partial charge in [0, 0.05) is 12.1 Å². The molecule has 0 aromatic rings. The molecule has 0 bridgehead atoms. The van der Waals surface area contributed by atoms with Gasteiger partial charge in [0.2, 0.25) is 6.41 Å². The summed E-state index contributed by atoms with van der Waals surface area (Å²) >= 11 is 0. The van der Waals surface area contributed by atoms with E-state index in [4.69, 9.17) is 0 Å². The van der Waals surface area contributed by atoms with Gasteiger partial charge < -0.3 is 4.90 Å². The predicted molar refractivity (Wildman–Crippen MR) is 42.8 cm³/mol. The number of nitrogens with zero attached hydrogens (tertiary/aromatic N) is 1. The lowest BCUT2D eigenvalue weighted by molar-refractivity contribution is -0.121. The van der Waals surface area contributed by atoms with Crippen LogP contribution in [0, 0.1) is 0 Å². The van der Waals surface area contributed by atoms with E-state index >= 15 is 0 Å². The predicted octanol–water partition coefficient (Wildman–Crippen LogP) is 1.65. The molecule has 2 heteroatoms. The highest BCUT2D eigenvalue weighted by atomic mass is 16.1. The van der Waals surface area contributed by atoms with E-state index in [1.807, 2.05) is 18.7 Å². The van der Waals surface area contributed by atoms with Crippen molar-refractivity contribution >= 4 is 6.41 Å². The van der Waals surface area contributed by atoms with Crippen molar-refractivity contribution in [3.8, 4) is 0 Å². The first kappa shape index (κ1) is 9.47. The second-order valence-electron chi connectivity index (χ2n) is 2.90. The number of carbonyl (C=O) groups is 1. The van der Waals surface area contributed by atoms with Crippen molar-refractivity contribution in [1.82, 2.24) is 4.90 Å². The molecule has 10 heavy (non-hydrogen) atoms. The third-order valence-electron chi connectivity index (χ3n) is 1.82. The minimum absolute atomic E-state index is 0.326. The standard InChI is InChI=1S/C8H17NO/c1-5-8(4)9(6-10)7(2)3/h6-8H,5H2,1-4H3. The van der Waals surface area contributed by atoms with E-state index in [1.54, 1.807) is 0 Å². The van der Waals surface area contributed by atoms with E-state index in [9.17, 15) is 4.79 Å². The summed E-state index contributed by atoms with van der Waals surface area (Å²) in [4.78, 5) is 12.3. The molecule has 0 fully saturated rings. The minimum Gasteiger partial charge on any atom is -0.340 e. The first-order valence-electron chi connectivity index (χ1n) is 3.86. The lowest BCUT2D eigenvalue weighted by Gasteiger charge is -2.27. The zero-order valence-electron chi connectivity index (χ0n) is 7.29. The van der Waals surface area contributed by atoms with Gasteiger partial charge in [-0.15, -0.1) is 0 Å². The van der Waals surface area contributed by atoms with Crippen LogP contribution < -0.4 is 0 Å². The highest BCUT2D eigenvalue weighted by Crippen LogP contribution is 2.04. The number of hydrogen-bond donors (Lipinski definition) is 0. The summed E-state index contributed by atoms with van der Waals surface area (Å²) < 4.78 is 0. The van der Waals surface area contributed by atoms with E-state index in [-0.39, 0.29) is 0 Å². The molecule has 0 aromatic carbocycles. The Morgan fingerprint density at radius 2 is 1.90 bits per heavy atom. The van der Waals surface area contributed by atoms with E-state index in [2.05, 4.69) is 13.8 Å². The molecule has 0 aliphatic rings. The van der Waals surface area contributed by atoms with Crippen LogP contribution in [0.3, 0.4) is 0 Å². The molecule has 1 amide bonds. The van der Waals surface area contributed by atoms with E-state index in [1.165, 1.54) is 0 Å². The Morgan fingerprint density at radius 3 is 2.00 bits per heavy atom. The van der Waals surface area contributed by atoms with Crippen molar-refractivity contribution in [3.05, 3.63) is 0 Å². The zero-order chi connectivity index (χ0) is 8.15. The summed E-state index contributed by atoms with van der Waals surface area (Å²) in [7, 11) is 0. The maximum atomic E-state index is 10.5. The highest BCUT2D eigenvalue weighted by molar-refractivity contribution is 5.48. The van der Waals surface area contributed by atoms with Crippen LogP contribution in [-0.4, -0.2) is 23.4 Å². The first-order valence-corrected chi connectivity index (χ1v) is 3.86. The lowest BCUT2D eigenvalue weighted by Crippen LogP contribution is -2.36. The van der Waals surface area contributed by atoms with Crippen molar-refractivity contribution in [1.29, 1.82) is 0 Å². The molecular weight excluding hydrogens is 126 g/mol. The van der Waals surface area contributed by atoms with Gasteiger partial charge in [-0.25, -0.2) is 0 Å². The molecular formula is C8H17NO. The van der Waals surface area contributed by atoms with E-state index < -0.39 is 0 Å². The molecule has 0 rings (SSSR count). The summed E-state index contributed by atoms with van der Waals surface area (Å²) in [6.45, 7) is 8.21. The zero-order valence-corrected chi connectivity index (χ0v) is 7.29. The molecule has 0 saturated heterocycles. The molecule has 1 unspecified atom stereocenters. The van der Waals surface area contributed by atoms with E-state index in [0.29, 0.717) is 12.1 Å². The van der Waals surface area contributed by atoms with Crippen LogP contribution in [0.15, 0.2) is 0 Å². The number of hydrogen-bond acceptors (Lipinski definition) is 1. The van der Waals surface area contributed by atoms with Crippen molar-refractivity contribution in [3.63, 3.8) is 0 Å². The fraction of sp³-hybridized carbons (Fsp3) is 0.875. The van der Waals surface area contributed by atoms with Crippen LogP contribution in [-0.2, 0) is 4.79 Å². The molecule has 0 aliphatic carbocycles. The number of rotatable bonds is 4.